The summed E-state index contributed by atoms with van der Waals surface area (Å²) < 4.78 is 7.00. The smallest absolute Gasteiger partial charge is 0.342 e. The van der Waals surface area contributed by atoms with Gasteiger partial charge in [0, 0.05) is 29.6 Å². The van der Waals surface area contributed by atoms with E-state index in [-0.39, 0.29) is 16.7 Å². The van der Waals surface area contributed by atoms with Crippen molar-refractivity contribution in [1.82, 2.24) is 14.8 Å². The molecule has 0 aliphatic rings. The lowest BCUT2D eigenvalue weighted by Gasteiger charge is -1.98. The topological polar surface area (TPSA) is 105 Å². The minimum absolute atomic E-state index is 0.0542. The summed E-state index contributed by atoms with van der Waals surface area (Å²) in [6.45, 7) is 1.82. The fourth-order valence-corrected chi connectivity index (χ4v) is 2.99. The summed E-state index contributed by atoms with van der Waals surface area (Å²) in [5.41, 5.74) is 1.58. The molecule has 0 fully saturated rings. The molecule has 120 valence electrons. The van der Waals surface area contributed by atoms with Crippen molar-refractivity contribution >= 4 is 34.7 Å². The Balaban J connectivity index is 2.05. The predicted molar refractivity (Wildman–Crippen MR) is 88.1 cm³/mol. The van der Waals surface area contributed by atoms with Crippen LogP contribution in [0.3, 0.4) is 0 Å². The lowest BCUT2D eigenvalue weighted by molar-refractivity contribution is -0.131. The average molecular weight is 340 g/mol. The third-order valence-corrected chi connectivity index (χ3v) is 4.11. The molecule has 3 aromatic rings. The second kappa shape index (κ2) is 6.60. The van der Waals surface area contributed by atoms with Crippen LogP contribution in [0.1, 0.15) is 11.5 Å². The van der Waals surface area contributed by atoms with Crippen molar-refractivity contribution < 1.29 is 14.3 Å². The molecule has 0 aliphatic carbocycles. The highest BCUT2D eigenvalue weighted by Gasteiger charge is 2.16. The van der Waals surface area contributed by atoms with Crippen LogP contribution in [0, 0.1) is 18.3 Å². The number of aliphatic carboxylic acids is 1. The molecule has 0 saturated heterocycles. The van der Waals surface area contributed by atoms with Gasteiger partial charge >= 0.3 is 5.97 Å². The summed E-state index contributed by atoms with van der Waals surface area (Å²) in [5, 5.41) is 26.9. The minimum atomic E-state index is -1.09. The molecular formula is C16H12N4O3S. The maximum atomic E-state index is 11.5. The van der Waals surface area contributed by atoms with Crippen molar-refractivity contribution in [2.75, 3.05) is 0 Å². The van der Waals surface area contributed by atoms with E-state index in [0.29, 0.717) is 11.5 Å². The Kier molecular flexibility index (Phi) is 4.35. The van der Waals surface area contributed by atoms with E-state index in [1.54, 1.807) is 23.8 Å². The number of carbonyl (C=O) groups is 1. The molecule has 0 radical (unpaired) electrons. The third kappa shape index (κ3) is 3.16. The fourth-order valence-electron chi connectivity index (χ4n) is 2.29. The molecule has 2 heterocycles. The van der Waals surface area contributed by atoms with E-state index in [1.165, 1.54) is 0 Å². The Morgan fingerprint density at radius 2 is 2.25 bits per heavy atom. The number of carboxylic acids is 1. The number of benzene rings is 1. The Morgan fingerprint density at radius 1 is 1.46 bits per heavy atom. The fraction of sp³-hybridized carbons (Fsp3) is 0.125. The zero-order valence-electron chi connectivity index (χ0n) is 12.6. The van der Waals surface area contributed by atoms with Crippen LogP contribution < -0.4 is 0 Å². The standard InChI is InChI=1S/C16H12N4O3S/c1-10-18-19-16(23-10)24-14(15(21)22)8-11-9-20(7-6-17)13-5-3-2-4-12(11)13/h2-5,8-9H,7H2,1H3,(H,21,22)/b14-8-. The minimum Gasteiger partial charge on any atom is -0.477 e. The first-order valence-corrected chi connectivity index (χ1v) is 7.78. The van der Waals surface area contributed by atoms with Crippen molar-refractivity contribution in [3.8, 4) is 6.07 Å². The summed E-state index contributed by atoms with van der Waals surface area (Å²) in [6.07, 6.45) is 3.30. The van der Waals surface area contributed by atoms with E-state index in [4.69, 9.17) is 9.68 Å². The summed E-state index contributed by atoms with van der Waals surface area (Å²) in [7, 11) is 0. The van der Waals surface area contributed by atoms with Crippen LogP contribution in [0.4, 0.5) is 0 Å². The first-order valence-electron chi connectivity index (χ1n) is 6.96. The van der Waals surface area contributed by atoms with Crippen molar-refractivity contribution in [2.45, 2.75) is 18.7 Å². The van der Waals surface area contributed by atoms with Crippen LogP contribution in [0.2, 0.25) is 0 Å². The van der Waals surface area contributed by atoms with Crippen molar-refractivity contribution in [3.63, 3.8) is 0 Å². The molecule has 0 unspecified atom stereocenters. The predicted octanol–water partition coefficient (Wildman–Crippen LogP) is 3.07. The maximum Gasteiger partial charge on any atom is 0.342 e. The molecule has 0 spiro atoms. The highest BCUT2D eigenvalue weighted by atomic mass is 32.2. The van der Waals surface area contributed by atoms with Crippen molar-refractivity contribution in [1.29, 1.82) is 5.26 Å². The molecule has 24 heavy (non-hydrogen) atoms. The van der Waals surface area contributed by atoms with Gasteiger partial charge in [0.25, 0.3) is 5.22 Å². The van der Waals surface area contributed by atoms with Gasteiger partial charge in [-0.25, -0.2) is 4.79 Å². The molecule has 0 saturated carbocycles. The second-order valence-corrected chi connectivity index (χ2v) is 5.88. The van der Waals surface area contributed by atoms with Gasteiger partial charge in [0.2, 0.25) is 5.89 Å². The van der Waals surface area contributed by atoms with Crippen LogP contribution in [0.25, 0.3) is 17.0 Å². The van der Waals surface area contributed by atoms with E-state index >= 15 is 0 Å². The van der Waals surface area contributed by atoms with E-state index in [2.05, 4.69) is 16.3 Å². The van der Waals surface area contributed by atoms with E-state index in [0.717, 1.165) is 22.7 Å². The second-order valence-electron chi connectivity index (χ2n) is 4.89. The summed E-state index contributed by atoms with van der Waals surface area (Å²) in [6, 6.07) is 9.61. The monoisotopic (exact) mass is 340 g/mol. The number of thioether (sulfide) groups is 1. The molecule has 7 nitrogen and oxygen atoms in total. The lowest BCUT2D eigenvalue weighted by atomic mass is 10.1. The first-order chi connectivity index (χ1) is 11.6. The normalized spacial score (nSPS) is 11.6. The largest absolute Gasteiger partial charge is 0.477 e. The molecule has 1 aromatic carbocycles. The number of aromatic nitrogens is 3. The molecule has 0 amide bonds. The summed E-state index contributed by atoms with van der Waals surface area (Å²) in [5.74, 6) is -0.721. The maximum absolute atomic E-state index is 11.5. The van der Waals surface area contributed by atoms with Gasteiger partial charge in [-0.1, -0.05) is 18.2 Å². The number of carboxylic acid groups (broad SMARTS) is 1. The van der Waals surface area contributed by atoms with Gasteiger partial charge in [-0.2, -0.15) is 5.26 Å². The third-order valence-electron chi connectivity index (χ3n) is 3.26. The van der Waals surface area contributed by atoms with Gasteiger partial charge in [-0.3, -0.25) is 0 Å². The Morgan fingerprint density at radius 3 is 2.92 bits per heavy atom. The summed E-state index contributed by atoms with van der Waals surface area (Å²) >= 11 is 0.891. The number of hydrogen-bond donors (Lipinski definition) is 1. The number of aryl methyl sites for hydroxylation is 1. The van der Waals surface area contributed by atoms with E-state index < -0.39 is 5.97 Å². The first kappa shape index (κ1) is 15.8. The molecule has 1 N–H and O–H groups in total. The number of rotatable bonds is 5. The van der Waals surface area contributed by atoms with Crippen LogP contribution in [0.15, 0.2) is 45.0 Å². The molecule has 2 aromatic heterocycles. The number of fused-ring (bicyclic) bond motifs is 1. The zero-order valence-corrected chi connectivity index (χ0v) is 13.4. The van der Waals surface area contributed by atoms with E-state index in [9.17, 15) is 9.90 Å². The van der Waals surface area contributed by atoms with Gasteiger partial charge in [-0.15, -0.1) is 10.2 Å². The average Bonchev–Trinajstić information content (AvgIpc) is 3.12. The lowest BCUT2D eigenvalue weighted by Crippen LogP contribution is -1.96. The number of hydrogen-bond acceptors (Lipinski definition) is 6. The molecule has 0 atom stereocenters. The Hall–Kier alpha value is -3.05. The van der Waals surface area contributed by atoms with Gasteiger partial charge in [0.15, 0.2) is 0 Å². The number of nitriles is 1. The molecule has 8 heteroatoms. The molecular weight excluding hydrogens is 328 g/mol. The van der Waals surface area contributed by atoms with Crippen molar-refractivity contribution in [2.24, 2.45) is 0 Å². The molecule has 0 bridgehead atoms. The van der Waals surface area contributed by atoms with Crippen LogP contribution in [0.5, 0.6) is 0 Å². The van der Waals surface area contributed by atoms with E-state index in [1.807, 2.05) is 24.3 Å². The van der Waals surface area contributed by atoms with Crippen molar-refractivity contribution in [3.05, 3.63) is 46.8 Å². The zero-order chi connectivity index (χ0) is 17.1. The molecule has 3 rings (SSSR count). The number of para-hydroxylation sites is 1. The van der Waals surface area contributed by atoms with Crippen LogP contribution in [-0.2, 0) is 11.3 Å². The Labute approximate surface area is 141 Å². The van der Waals surface area contributed by atoms with Crippen LogP contribution in [-0.4, -0.2) is 25.8 Å². The van der Waals surface area contributed by atoms with Gasteiger partial charge in [0.1, 0.15) is 11.4 Å². The highest BCUT2D eigenvalue weighted by molar-refractivity contribution is 8.03. The SMILES string of the molecule is Cc1nnc(S/C(=C\c2cn(CC#N)c3ccccc23)C(=O)O)o1. The quantitative estimate of drug-likeness (QED) is 0.562. The van der Waals surface area contributed by atoms with Gasteiger partial charge < -0.3 is 14.1 Å². The number of nitrogens with zero attached hydrogens (tertiary/aromatic N) is 4. The highest BCUT2D eigenvalue weighted by Crippen LogP contribution is 2.30. The van der Waals surface area contributed by atoms with Crippen LogP contribution >= 0.6 is 11.8 Å². The van der Waals surface area contributed by atoms with Gasteiger partial charge in [-0.05, 0) is 23.9 Å². The van der Waals surface area contributed by atoms with Gasteiger partial charge in [0.05, 0.1) is 6.07 Å². The Bertz CT molecular complexity index is 981. The molecule has 0 aliphatic heterocycles. The summed E-state index contributed by atoms with van der Waals surface area (Å²) in [4.78, 5) is 11.6.